The van der Waals surface area contributed by atoms with Gasteiger partial charge >= 0.3 is 0 Å². The lowest BCUT2D eigenvalue weighted by Crippen LogP contribution is -2.21. The van der Waals surface area contributed by atoms with E-state index in [1.165, 1.54) is 3.57 Å². The monoisotopic (exact) mass is 600 g/mol. The van der Waals surface area contributed by atoms with Crippen molar-refractivity contribution in [2.75, 3.05) is 106 Å². The van der Waals surface area contributed by atoms with E-state index >= 15 is 0 Å². The van der Waals surface area contributed by atoms with Gasteiger partial charge in [-0.3, -0.25) is 0 Å². The molecule has 1 aromatic carbocycles. The van der Waals surface area contributed by atoms with E-state index in [1.807, 2.05) is 31.2 Å². The summed E-state index contributed by atoms with van der Waals surface area (Å²) in [7, 11) is 1.65. The molecule has 0 aromatic heterocycles. The van der Waals surface area contributed by atoms with Crippen molar-refractivity contribution in [3.05, 3.63) is 27.8 Å². The van der Waals surface area contributed by atoms with Gasteiger partial charge in [0.2, 0.25) is 0 Å². The molecule has 1 atom stereocenters. The zero-order valence-electron chi connectivity index (χ0n) is 20.5. The molecule has 9 nitrogen and oxygen atoms in total. The highest BCUT2D eigenvalue weighted by molar-refractivity contribution is 14.1. The predicted molar refractivity (Wildman–Crippen MR) is 137 cm³/mol. The normalized spacial score (nSPS) is 12.2. The van der Waals surface area contributed by atoms with Crippen LogP contribution < -0.4 is 4.74 Å². The molecule has 0 aliphatic rings. The number of rotatable bonds is 25. The summed E-state index contributed by atoms with van der Waals surface area (Å²) in [5.41, 5.74) is 0. The van der Waals surface area contributed by atoms with E-state index in [-0.39, 0.29) is 6.10 Å². The molecule has 0 aliphatic heterocycles. The zero-order chi connectivity index (χ0) is 24.5. The molecule has 0 saturated carbocycles. The molecule has 0 aliphatic carbocycles. The van der Waals surface area contributed by atoms with Crippen LogP contribution in [0.25, 0.3) is 0 Å². The number of hydrogen-bond donors (Lipinski definition) is 0. The van der Waals surface area contributed by atoms with Gasteiger partial charge < -0.3 is 42.6 Å². The summed E-state index contributed by atoms with van der Waals surface area (Å²) in [6, 6.07) is 7.96. The third kappa shape index (κ3) is 20.8. The van der Waals surface area contributed by atoms with Crippen LogP contribution in [0.1, 0.15) is 6.92 Å². The molecule has 1 aromatic rings. The molecule has 0 bridgehead atoms. The van der Waals surface area contributed by atoms with E-state index in [0.29, 0.717) is 99.1 Å². The van der Waals surface area contributed by atoms with Gasteiger partial charge in [-0.15, -0.1) is 0 Å². The van der Waals surface area contributed by atoms with Crippen LogP contribution in [0.4, 0.5) is 0 Å². The van der Waals surface area contributed by atoms with Gasteiger partial charge in [0.1, 0.15) is 11.9 Å². The second-order valence-electron chi connectivity index (χ2n) is 7.12. The Labute approximate surface area is 217 Å². The molecule has 0 unspecified atom stereocenters. The number of benzene rings is 1. The van der Waals surface area contributed by atoms with Crippen molar-refractivity contribution >= 4 is 22.6 Å². The summed E-state index contributed by atoms with van der Waals surface area (Å²) in [5.74, 6) is 0.850. The maximum atomic E-state index is 5.79. The summed E-state index contributed by atoms with van der Waals surface area (Å²) in [6.07, 6.45) is -0.0152. The Balaban J connectivity index is 1.71. The van der Waals surface area contributed by atoms with Gasteiger partial charge in [-0.25, -0.2) is 0 Å². The van der Waals surface area contributed by atoms with Crippen LogP contribution in [0.15, 0.2) is 24.3 Å². The smallest absolute Gasteiger partial charge is 0.119 e. The quantitative estimate of drug-likeness (QED) is 0.124. The van der Waals surface area contributed by atoms with Crippen molar-refractivity contribution in [3.63, 3.8) is 0 Å². The summed E-state index contributed by atoms with van der Waals surface area (Å²) in [4.78, 5) is 0. The molecule has 0 radical (unpaired) electrons. The third-order valence-electron chi connectivity index (χ3n) is 4.17. The van der Waals surface area contributed by atoms with Crippen molar-refractivity contribution < 1.29 is 42.6 Å². The number of ether oxygens (including phenoxy) is 9. The molecule has 0 N–H and O–H groups in total. The van der Waals surface area contributed by atoms with Gasteiger partial charge in [-0.2, -0.15) is 0 Å². The van der Waals surface area contributed by atoms with Crippen LogP contribution in [0.3, 0.4) is 0 Å². The molecule has 1 rings (SSSR count). The molecule has 10 heteroatoms. The lowest BCUT2D eigenvalue weighted by Gasteiger charge is -2.15. The number of hydrogen-bond acceptors (Lipinski definition) is 9. The van der Waals surface area contributed by atoms with E-state index in [1.54, 1.807) is 7.11 Å². The first kappa shape index (κ1) is 31.5. The Morgan fingerprint density at radius 3 is 1.29 bits per heavy atom. The molecule has 0 saturated heterocycles. The third-order valence-corrected chi connectivity index (χ3v) is 4.89. The van der Waals surface area contributed by atoms with Crippen molar-refractivity contribution in [3.8, 4) is 5.75 Å². The predicted octanol–water partition coefficient (Wildman–Crippen LogP) is 2.82. The van der Waals surface area contributed by atoms with Crippen molar-refractivity contribution in [1.82, 2.24) is 0 Å². The highest BCUT2D eigenvalue weighted by Crippen LogP contribution is 2.15. The highest BCUT2D eigenvalue weighted by atomic mass is 127. The molecule has 34 heavy (non-hydrogen) atoms. The minimum Gasteiger partial charge on any atom is -0.488 e. The fourth-order valence-corrected chi connectivity index (χ4v) is 2.85. The van der Waals surface area contributed by atoms with E-state index < -0.39 is 0 Å². The van der Waals surface area contributed by atoms with Crippen LogP contribution in [-0.4, -0.2) is 112 Å². The fourth-order valence-electron chi connectivity index (χ4n) is 2.49. The van der Waals surface area contributed by atoms with E-state index in [4.69, 9.17) is 42.6 Å². The first-order valence-corrected chi connectivity index (χ1v) is 12.8. The van der Waals surface area contributed by atoms with Gasteiger partial charge in [0.05, 0.1) is 99.1 Å². The van der Waals surface area contributed by atoms with E-state index in [9.17, 15) is 0 Å². The Kier molecular flexibility index (Phi) is 22.3. The molecule has 0 heterocycles. The summed E-state index contributed by atoms with van der Waals surface area (Å²) in [6.45, 7) is 10.1. The Hall–Kier alpha value is -0.570. The van der Waals surface area contributed by atoms with Gasteiger partial charge in [0, 0.05) is 10.7 Å². The van der Waals surface area contributed by atoms with Crippen molar-refractivity contribution in [2.24, 2.45) is 0 Å². The molecule has 0 amide bonds. The molecule has 0 fully saturated rings. The van der Waals surface area contributed by atoms with Gasteiger partial charge in [0.25, 0.3) is 0 Å². The summed E-state index contributed by atoms with van der Waals surface area (Å²) < 4.78 is 50.0. The largest absolute Gasteiger partial charge is 0.488 e. The number of halogens is 1. The van der Waals surface area contributed by atoms with Gasteiger partial charge in [-0.1, -0.05) is 0 Å². The average molecular weight is 600 g/mol. The van der Waals surface area contributed by atoms with E-state index in [2.05, 4.69) is 22.6 Å². The van der Waals surface area contributed by atoms with E-state index in [0.717, 1.165) is 5.75 Å². The Morgan fingerprint density at radius 1 is 0.559 bits per heavy atom. The lowest BCUT2D eigenvalue weighted by molar-refractivity contribution is -0.0244. The Morgan fingerprint density at radius 2 is 0.912 bits per heavy atom. The van der Waals surface area contributed by atoms with Crippen LogP contribution in [-0.2, 0) is 37.9 Å². The second kappa shape index (κ2) is 24.1. The second-order valence-corrected chi connectivity index (χ2v) is 8.37. The van der Waals surface area contributed by atoms with Crippen LogP contribution in [0.5, 0.6) is 5.75 Å². The first-order valence-electron chi connectivity index (χ1n) is 11.7. The molecule has 0 spiro atoms. The minimum atomic E-state index is -0.0152. The topological polar surface area (TPSA) is 83.1 Å². The summed E-state index contributed by atoms with van der Waals surface area (Å²) in [5, 5.41) is 0. The molecular weight excluding hydrogens is 559 g/mol. The average Bonchev–Trinajstić information content (AvgIpc) is 2.84. The maximum Gasteiger partial charge on any atom is 0.119 e. The standard InChI is InChI=1S/C24H41IO9/c1-22(34-24-5-3-23(25)4-6-24)21-33-20-19-32-18-17-31-16-15-30-14-13-29-12-11-28-10-9-27-8-7-26-2/h3-6,22H,7-21H2,1-2H3/t22-/m0/s1. The maximum absolute atomic E-state index is 5.79. The molecule has 198 valence electrons. The SMILES string of the molecule is COCCOCCOCCOCCOCCOCCOCCOC[C@H](C)Oc1ccc(I)cc1. The summed E-state index contributed by atoms with van der Waals surface area (Å²) >= 11 is 2.27. The minimum absolute atomic E-state index is 0.0152. The van der Waals surface area contributed by atoms with Crippen LogP contribution >= 0.6 is 22.6 Å². The van der Waals surface area contributed by atoms with Crippen LogP contribution in [0.2, 0.25) is 0 Å². The fraction of sp³-hybridized carbons (Fsp3) is 0.750. The zero-order valence-corrected chi connectivity index (χ0v) is 22.7. The van der Waals surface area contributed by atoms with Gasteiger partial charge in [0.15, 0.2) is 0 Å². The molecular formula is C24H41IO9. The van der Waals surface area contributed by atoms with Crippen molar-refractivity contribution in [1.29, 1.82) is 0 Å². The number of methoxy groups -OCH3 is 1. The highest BCUT2D eigenvalue weighted by Gasteiger charge is 2.04. The Bertz CT molecular complexity index is 548. The van der Waals surface area contributed by atoms with Gasteiger partial charge in [-0.05, 0) is 53.8 Å². The first-order chi connectivity index (χ1) is 16.7. The van der Waals surface area contributed by atoms with Crippen LogP contribution in [0, 0.1) is 3.57 Å². The van der Waals surface area contributed by atoms with Crippen molar-refractivity contribution in [2.45, 2.75) is 13.0 Å². The lowest BCUT2D eigenvalue weighted by atomic mass is 10.3.